The maximum Gasteiger partial charge on any atom is 0.0113 e. The van der Waals surface area contributed by atoms with E-state index in [4.69, 9.17) is 0 Å². The van der Waals surface area contributed by atoms with Crippen molar-refractivity contribution >= 4 is 0 Å². The fraction of sp³-hybridized carbons (Fsp3) is 1.00. The van der Waals surface area contributed by atoms with Crippen molar-refractivity contribution in [2.75, 3.05) is 32.7 Å². The van der Waals surface area contributed by atoms with E-state index >= 15 is 0 Å². The van der Waals surface area contributed by atoms with Crippen molar-refractivity contribution in [1.29, 1.82) is 0 Å². The molecule has 0 unspecified atom stereocenters. The molecule has 0 aromatic heterocycles. The molecule has 0 atom stereocenters. The molecule has 16 heavy (non-hydrogen) atoms. The van der Waals surface area contributed by atoms with Crippen LogP contribution in [0.3, 0.4) is 0 Å². The van der Waals surface area contributed by atoms with Gasteiger partial charge < -0.3 is 4.90 Å². The lowest BCUT2D eigenvalue weighted by Crippen LogP contribution is -2.50. The largest absolute Gasteiger partial charge is 0.301 e. The Morgan fingerprint density at radius 2 is 1.62 bits per heavy atom. The first kappa shape index (κ1) is 12.4. The number of hydrogen-bond acceptors (Lipinski definition) is 2. The summed E-state index contributed by atoms with van der Waals surface area (Å²) in [5, 5.41) is 0. The van der Waals surface area contributed by atoms with Crippen LogP contribution in [0, 0.1) is 0 Å². The lowest BCUT2D eigenvalue weighted by atomic mass is 9.94. The van der Waals surface area contributed by atoms with Gasteiger partial charge in [0.15, 0.2) is 0 Å². The Morgan fingerprint density at radius 3 is 2.25 bits per heavy atom. The zero-order chi connectivity index (χ0) is 11.2. The number of rotatable bonds is 4. The molecule has 0 N–H and O–H groups in total. The second kappa shape index (κ2) is 6.61. The van der Waals surface area contributed by atoms with Crippen LogP contribution in [0.25, 0.3) is 0 Å². The van der Waals surface area contributed by atoms with Crippen molar-refractivity contribution in [1.82, 2.24) is 9.80 Å². The third-order valence-electron chi connectivity index (χ3n) is 4.33. The van der Waals surface area contributed by atoms with Crippen molar-refractivity contribution in [3.8, 4) is 0 Å². The summed E-state index contributed by atoms with van der Waals surface area (Å²) >= 11 is 0. The minimum atomic E-state index is 0.932. The number of piperazine rings is 1. The molecular weight excluding hydrogens is 196 g/mol. The summed E-state index contributed by atoms with van der Waals surface area (Å²) < 4.78 is 0. The molecule has 1 heterocycles. The summed E-state index contributed by atoms with van der Waals surface area (Å²) in [6, 6.07) is 0.932. The highest BCUT2D eigenvalue weighted by Gasteiger charge is 2.24. The monoisotopic (exact) mass is 224 g/mol. The summed E-state index contributed by atoms with van der Waals surface area (Å²) in [4.78, 5) is 5.42. The summed E-state index contributed by atoms with van der Waals surface area (Å²) in [5.74, 6) is 0. The van der Waals surface area contributed by atoms with Crippen molar-refractivity contribution in [2.45, 2.75) is 57.9 Å². The zero-order valence-corrected chi connectivity index (χ0v) is 11.0. The summed E-state index contributed by atoms with van der Waals surface area (Å²) in [5.41, 5.74) is 0. The normalized spacial score (nSPS) is 26.1. The molecule has 2 nitrogen and oxygen atoms in total. The number of unbranched alkanes of at least 4 members (excludes halogenated alkanes) is 1. The van der Waals surface area contributed by atoms with Gasteiger partial charge in [-0.2, -0.15) is 0 Å². The molecule has 94 valence electrons. The maximum atomic E-state index is 2.77. The first-order valence-electron chi connectivity index (χ1n) is 7.36. The predicted molar refractivity (Wildman–Crippen MR) is 69.8 cm³/mol. The van der Waals surface area contributed by atoms with E-state index < -0.39 is 0 Å². The Kier molecular flexibility index (Phi) is 5.11. The zero-order valence-electron chi connectivity index (χ0n) is 11.0. The van der Waals surface area contributed by atoms with Gasteiger partial charge in [0.25, 0.3) is 0 Å². The smallest absolute Gasteiger partial charge is 0.0113 e. The minimum Gasteiger partial charge on any atom is -0.301 e. The van der Waals surface area contributed by atoms with Crippen LogP contribution >= 0.6 is 0 Å². The average molecular weight is 224 g/mol. The fourth-order valence-corrected chi connectivity index (χ4v) is 3.18. The van der Waals surface area contributed by atoms with Crippen molar-refractivity contribution < 1.29 is 0 Å². The molecule has 0 radical (unpaired) electrons. The van der Waals surface area contributed by atoms with E-state index in [2.05, 4.69) is 16.7 Å². The average Bonchev–Trinajstić information content (AvgIpc) is 2.38. The summed E-state index contributed by atoms with van der Waals surface area (Å²) in [6.45, 7) is 8.91. The molecule has 2 fully saturated rings. The Bertz CT molecular complexity index is 179. The SMILES string of the molecule is CCCCN1CCN(C2CCCCC2)CC1. The van der Waals surface area contributed by atoms with E-state index in [9.17, 15) is 0 Å². The molecule has 0 amide bonds. The second-order valence-electron chi connectivity index (χ2n) is 5.52. The highest BCUT2D eigenvalue weighted by Crippen LogP contribution is 2.23. The molecule has 1 saturated heterocycles. The highest BCUT2D eigenvalue weighted by atomic mass is 15.3. The molecule has 0 bridgehead atoms. The van der Waals surface area contributed by atoms with E-state index in [0.717, 1.165) is 6.04 Å². The van der Waals surface area contributed by atoms with Crippen LogP contribution in [0.15, 0.2) is 0 Å². The van der Waals surface area contributed by atoms with E-state index in [1.807, 2.05) is 0 Å². The first-order chi connectivity index (χ1) is 7.90. The first-order valence-corrected chi connectivity index (χ1v) is 7.36. The maximum absolute atomic E-state index is 2.77. The molecule has 1 saturated carbocycles. The summed E-state index contributed by atoms with van der Waals surface area (Å²) in [7, 11) is 0. The van der Waals surface area contributed by atoms with Gasteiger partial charge in [0.2, 0.25) is 0 Å². The van der Waals surface area contributed by atoms with Crippen LogP contribution in [0.4, 0.5) is 0 Å². The van der Waals surface area contributed by atoms with Crippen LogP contribution in [-0.2, 0) is 0 Å². The van der Waals surface area contributed by atoms with Crippen LogP contribution in [-0.4, -0.2) is 48.6 Å². The lowest BCUT2D eigenvalue weighted by Gasteiger charge is -2.40. The van der Waals surface area contributed by atoms with Crippen molar-refractivity contribution in [3.05, 3.63) is 0 Å². The molecular formula is C14H28N2. The van der Waals surface area contributed by atoms with E-state index in [-0.39, 0.29) is 0 Å². The van der Waals surface area contributed by atoms with Gasteiger partial charge in [-0.15, -0.1) is 0 Å². The molecule has 2 rings (SSSR count). The number of nitrogens with zero attached hydrogens (tertiary/aromatic N) is 2. The van der Waals surface area contributed by atoms with Gasteiger partial charge >= 0.3 is 0 Å². The Labute approximate surface area is 101 Å². The topological polar surface area (TPSA) is 6.48 Å². The van der Waals surface area contributed by atoms with Crippen LogP contribution in [0.1, 0.15) is 51.9 Å². The van der Waals surface area contributed by atoms with Gasteiger partial charge in [-0.1, -0.05) is 32.6 Å². The van der Waals surface area contributed by atoms with E-state index in [1.54, 1.807) is 0 Å². The third kappa shape index (κ3) is 3.46. The van der Waals surface area contributed by atoms with Gasteiger partial charge in [0.05, 0.1) is 0 Å². The van der Waals surface area contributed by atoms with Gasteiger partial charge in [-0.25, -0.2) is 0 Å². The molecule has 2 aliphatic rings. The molecule has 0 aromatic rings. The molecule has 1 aliphatic carbocycles. The van der Waals surface area contributed by atoms with Crippen LogP contribution in [0.5, 0.6) is 0 Å². The third-order valence-corrected chi connectivity index (χ3v) is 4.33. The fourth-order valence-electron chi connectivity index (χ4n) is 3.18. The van der Waals surface area contributed by atoms with Gasteiger partial charge in [-0.05, 0) is 25.8 Å². The van der Waals surface area contributed by atoms with Crippen molar-refractivity contribution in [3.63, 3.8) is 0 Å². The van der Waals surface area contributed by atoms with Crippen LogP contribution in [0.2, 0.25) is 0 Å². The van der Waals surface area contributed by atoms with E-state index in [1.165, 1.54) is 77.7 Å². The van der Waals surface area contributed by atoms with Gasteiger partial charge in [-0.3, -0.25) is 4.90 Å². The molecule has 1 aliphatic heterocycles. The Morgan fingerprint density at radius 1 is 0.938 bits per heavy atom. The minimum absolute atomic E-state index is 0.932. The second-order valence-corrected chi connectivity index (χ2v) is 5.52. The highest BCUT2D eigenvalue weighted by molar-refractivity contribution is 4.80. The van der Waals surface area contributed by atoms with E-state index in [0.29, 0.717) is 0 Å². The predicted octanol–water partition coefficient (Wildman–Crippen LogP) is 2.74. The standard InChI is InChI=1S/C14H28N2/c1-2-3-9-15-10-12-16(13-11-15)14-7-5-4-6-8-14/h14H,2-13H2,1H3. The van der Waals surface area contributed by atoms with Crippen molar-refractivity contribution in [2.24, 2.45) is 0 Å². The lowest BCUT2D eigenvalue weighted by molar-refractivity contribution is 0.0784. The van der Waals surface area contributed by atoms with Gasteiger partial charge in [0, 0.05) is 32.2 Å². The Balaban J connectivity index is 1.67. The van der Waals surface area contributed by atoms with Gasteiger partial charge in [0.1, 0.15) is 0 Å². The quantitative estimate of drug-likeness (QED) is 0.724. The molecule has 0 aromatic carbocycles. The molecule has 0 spiro atoms. The number of hydrogen-bond donors (Lipinski definition) is 0. The molecule has 2 heteroatoms. The summed E-state index contributed by atoms with van der Waals surface area (Å²) in [6.07, 6.45) is 10.1. The van der Waals surface area contributed by atoms with Crippen LogP contribution < -0.4 is 0 Å². The Hall–Kier alpha value is -0.0800.